The van der Waals surface area contributed by atoms with Gasteiger partial charge in [0.15, 0.2) is 0 Å². The van der Waals surface area contributed by atoms with Crippen molar-refractivity contribution in [3.63, 3.8) is 0 Å². The van der Waals surface area contributed by atoms with E-state index in [1.165, 1.54) is 65.4 Å². The van der Waals surface area contributed by atoms with E-state index in [-0.39, 0.29) is 0 Å². The fraction of sp³-hybridized carbons (Fsp3) is 0.0286. The normalized spacial score (nSPS) is 13.8. The van der Waals surface area contributed by atoms with Crippen LogP contribution in [0.1, 0.15) is 22.3 Å². The van der Waals surface area contributed by atoms with Crippen LogP contribution in [0.4, 0.5) is 0 Å². The van der Waals surface area contributed by atoms with E-state index in [9.17, 15) is 0 Å². The first-order chi connectivity index (χ1) is 18.3. The van der Waals surface area contributed by atoms with Gasteiger partial charge in [0, 0.05) is 20.3 Å². The van der Waals surface area contributed by atoms with Crippen molar-refractivity contribution < 1.29 is 0 Å². The fourth-order valence-corrected chi connectivity index (χ4v) is 8.16. The summed E-state index contributed by atoms with van der Waals surface area (Å²) in [6, 6.07) is 46.1. The molecule has 0 saturated heterocycles. The van der Waals surface area contributed by atoms with Crippen LogP contribution in [0.25, 0.3) is 43.1 Å². The molecular weight excluding hydrogens is 488 g/mol. The molecule has 174 valence electrons. The van der Waals surface area contributed by atoms with Gasteiger partial charge in [-0.2, -0.15) is 0 Å². The molecule has 8 rings (SSSR count). The van der Waals surface area contributed by atoms with Crippen LogP contribution < -0.4 is 0 Å². The van der Waals surface area contributed by atoms with E-state index in [1.54, 1.807) is 0 Å². The summed E-state index contributed by atoms with van der Waals surface area (Å²) >= 11 is 8.68. The molecule has 0 amide bonds. The van der Waals surface area contributed by atoms with Gasteiger partial charge in [-0.25, -0.2) is 0 Å². The summed E-state index contributed by atoms with van der Waals surface area (Å²) in [4.78, 5) is 2.64. The molecular formula is C35H21ClS. The van der Waals surface area contributed by atoms with E-state index in [4.69, 9.17) is 11.6 Å². The van der Waals surface area contributed by atoms with E-state index in [1.807, 2.05) is 17.4 Å². The maximum atomic E-state index is 6.77. The van der Waals surface area contributed by atoms with Crippen molar-refractivity contribution in [1.82, 2.24) is 0 Å². The number of halogens is 1. The van der Waals surface area contributed by atoms with E-state index in [0.29, 0.717) is 0 Å². The Kier molecular flexibility index (Phi) is 4.47. The highest BCUT2D eigenvalue weighted by molar-refractivity contribution is 7.19. The smallest absolute Gasteiger partial charge is 0.0740 e. The zero-order valence-corrected chi connectivity index (χ0v) is 21.5. The average Bonchev–Trinajstić information content (AvgIpc) is 3.58. The highest BCUT2D eigenvalue weighted by Crippen LogP contribution is 2.68. The van der Waals surface area contributed by atoms with Crippen LogP contribution in [0.15, 0.2) is 127 Å². The molecule has 2 aliphatic carbocycles. The van der Waals surface area contributed by atoms with Gasteiger partial charge in [0.1, 0.15) is 0 Å². The molecule has 1 aromatic heterocycles. The first kappa shape index (κ1) is 21.2. The molecule has 0 bridgehead atoms. The van der Waals surface area contributed by atoms with Crippen molar-refractivity contribution in [3.05, 3.63) is 155 Å². The zero-order valence-electron chi connectivity index (χ0n) is 19.9. The number of thiophene rings is 1. The third kappa shape index (κ3) is 2.73. The summed E-state index contributed by atoms with van der Waals surface area (Å²) in [6.07, 6.45) is 0. The van der Waals surface area contributed by atoms with Crippen LogP contribution >= 0.6 is 22.9 Å². The van der Waals surface area contributed by atoms with Crippen LogP contribution in [0.2, 0.25) is 5.02 Å². The molecule has 2 heteroatoms. The van der Waals surface area contributed by atoms with E-state index < -0.39 is 5.41 Å². The van der Waals surface area contributed by atoms with Crippen molar-refractivity contribution in [3.8, 4) is 43.1 Å². The minimum absolute atomic E-state index is 0.419. The number of rotatable bonds is 2. The molecule has 0 fully saturated rings. The van der Waals surface area contributed by atoms with Gasteiger partial charge in [0.05, 0.1) is 5.41 Å². The Balaban J connectivity index is 1.61. The Morgan fingerprint density at radius 2 is 1.03 bits per heavy atom. The topological polar surface area (TPSA) is 0 Å². The SMILES string of the molecule is Clc1ccc2c(c1)C1(c3ccccc3-c3ccccc31)c1c(-c3ccccc3)sc(-c3ccccc3)c1-2. The summed E-state index contributed by atoms with van der Waals surface area (Å²) in [5.74, 6) is 0. The van der Waals surface area contributed by atoms with E-state index in [2.05, 4.69) is 121 Å². The molecule has 0 atom stereocenters. The summed E-state index contributed by atoms with van der Waals surface area (Å²) in [5.41, 5.74) is 12.7. The Labute approximate surface area is 225 Å². The molecule has 0 aliphatic heterocycles. The average molecular weight is 509 g/mol. The Hall–Kier alpha value is -3.91. The van der Waals surface area contributed by atoms with Gasteiger partial charge < -0.3 is 0 Å². The predicted octanol–water partition coefficient (Wildman–Crippen LogP) is 10.1. The molecule has 0 nitrogen and oxygen atoms in total. The minimum Gasteiger partial charge on any atom is -0.134 e. The highest BCUT2D eigenvalue weighted by Gasteiger charge is 2.54. The first-order valence-corrected chi connectivity index (χ1v) is 13.8. The predicted molar refractivity (Wildman–Crippen MR) is 156 cm³/mol. The van der Waals surface area contributed by atoms with Gasteiger partial charge in [-0.1, -0.05) is 127 Å². The second-order valence-electron chi connectivity index (χ2n) is 9.77. The minimum atomic E-state index is -0.419. The Morgan fingerprint density at radius 1 is 0.486 bits per heavy atom. The largest absolute Gasteiger partial charge is 0.134 e. The maximum absolute atomic E-state index is 6.77. The van der Waals surface area contributed by atoms with Crippen LogP contribution in [-0.4, -0.2) is 0 Å². The van der Waals surface area contributed by atoms with Crippen molar-refractivity contribution >= 4 is 22.9 Å². The van der Waals surface area contributed by atoms with Crippen molar-refractivity contribution in [1.29, 1.82) is 0 Å². The van der Waals surface area contributed by atoms with Gasteiger partial charge in [0.25, 0.3) is 0 Å². The molecule has 0 unspecified atom stereocenters. The summed E-state index contributed by atoms with van der Waals surface area (Å²) in [6.45, 7) is 0. The first-order valence-electron chi connectivity index (χ1n) is 12.6. The zero-order chi connectivity index (χ0) is 24.6. The van der Waals surface area contributed by atoms with Gasteiger partial charge in [0.2, 0.25) is 0 Å². The van der Waals surface area contributed by atoms with Crippen molar-refractivity contribution in [2.45, 2.75) is 5.41 Å². The molecule has 0 N–H and O–H groups in total. The van der Waals surface area contributed by atoms with Gasteiger partial charge >= 0.3 is 0 Å². The molecule has 1 spiro atoms. The lowest BCUT2D eigenvalue weighted by atomic mass is 9.70. The maximum Gasteiger partial charge on any atom is 0.0740 e. The number of fused-ring (bicyclic) bond motifs is 10. The van der Waals surface area contributed by atoms with E-state index >= 15 is 0 Å². The second kappa shape index (κ2) is 7.79. The molecule has 0 saturated carbocycles. The molecule has 37 heavy (non-hydrogen) atoms. The molecule has 5 aromatic carbocycles. The Morgan fingerprint density at radius 3 is 1.65 bits per heavy atom. The lowest BCUT2D eigenvalue weighted by Gasteiger charge is -2.31. The Bertz CT molecular complexity index is 1780. The van der Waals surface area contributed by atoms with Crippen LogP contribution in [0.5, 0.6) is 0 Å². The fourth-order valence-electron chi connectivity index (χ4n) is 6.61. The van der Waals surface area contributed by atoms with E-state index in [0.717, 1.165) is 5.02 Å². The van der Waals surface area contributed by atoms with Crippen LogP contribution in [0.3, 0.4) is 0 Å². The number of benzene rings is 5. The summed E-state index contributed by atoms with van der Waals surface area (Å²) < 4.78 is 0. The van der Waals surface area contributed by atoms with Gasteiger partial charge in [-0.3, -0.25) is 0 Å². The molecule has 0 radical (unpaired) electrons. The van der Waals surface area contributed by atoms with Gasteiger partial charge in [-0.15, -0.1) is 11.3 Å². The van der Waals surface area contributed by atoms with Crippen LogP contribution in [-0.2, 0) is 5.41 Å². The van der Waals surface area contributed by atoms with Gasteiger partial charge in [-0.05, 0) is 62.2 Å². The summed E-state index contributed by atoms with van der Waals surface area (Å²) in [5, 5.41) is 0.774. The van der Waals surface area contributed by atoms with Crippen molar-refractivity contribution in [2.24, 2.45) is 0 Å². The monoisotopic (exact) mass is 508 g/mol. The lowest BCUT2D eigenvalue weighted by Crippen LogP contribution is -2.26. The molecule has 6 aromatic rings. The molecule has 2 aliphatic rings. The number of hydrogen-bond donors (Lipinski definition) is 0. The third-order valence-electron chi connectivity index (χ3n) is 7.96. The second-order valence-corrected chi connectivity index (χ2v) is 11.2. The van der Waals surface area contributed by atoms with Crippen LogP contribution in [0, 0.1) is 0 Å². The third-order valence-corrected chi connectivity index (χ3v) is 9.49. The highest BCUT2D eigenvalue weighted by atomic mass is 35.5. The summed E-state index contributed by atoms with van der Waals surface area (Å²) in [7, 11) is 0. The lowest BCUT2D eigenvalue weighted by molar-refractivity contribution is 0.798. The quantitative estimate of drug-likeness (QED) is 0.218. The van der Waals surface area contributed by atoms with Crippen molar-refractivity contribution in [2.75, 3.05) is 0 Å². The standard InChI is InChI=1S/C35H21ClS/c36-24-19-20-27-30(21-24)35(28-17-9-7-15-25(28)26-16-8-10-18-29(26)35)32-31(27)33(22-11-3-1-4-12-22)37-34(32)23-13-5-2-6-14-23/h1-21H. The molecule has 1 heterocycles. The number of hydrogen-bond acceptors (Lipinski definition) is 1.